The van der Waals surface area contributed by atoms with Crippen LogP contribution in [-0.4, -0.2) is 18.1 Å². The highest BCUT2D eigenvalue weighted by Gasteiger charge is 2.07. The maximum Gasteiger partial charge on any atom is 0.0572 e. The van der Waals surface area contributed by atoms with Crippen molar-refractivity contribution >= 4 is 0 Å². The first-order chi connectivity index (χ1) is 6.74. The lowest BCUT2D eigenvalue weighted by atomic mass is 10.2. The Morgan fingerprint density at radius 1 is 1.29 bits per heavy atom. The van der Waals surface area contributed by atoms with E-state index in [1.54, 1.807) is 0 Å². The zero-order chi connectivity index (χ0) is 10.4. The van der Waals surface area contributed by atoms with Gasteiger partial charge in [0, 0.05) is 6.54 Å². The van der Waals surface area contributed by atoms with Gasteiger partial charge < -0.3 is 5.73 Å². The van der Waals surface area contributed by atoms with Crippen LogP contribution in [0.4, 0.5) is 0 Å². The molecule has 78 valence electrons. The average Bonchev–Trinajstić information content (AvgIpc) is 2.19. The Balaban J connectivity index is 2.44. The van der Waals surface area contributed by atoms with Crippen molar-refractivity contribution in [2.24, 2.45) is 5.73 Å². The van der Waals surface area contributed by atoms with E-state index in [2.05, 4.69) is 43.1 Å². The van der Waals surface area contributed by atoms with Crippen molar-refractivity contribution in [1.29, 1.82) is 0 Å². The van der Waals surface area contributed by atoms with E-state index in [-0.39, 0.29) is 6.17 Å². The van der Waals surface area contributed by atoms with E-state index < -0.39 is 0 Å². The minimum Gasteiger partial charge on any atom is -0.316 e. The first-order valence-corrected chi connectivity index (χ1v) is 5.23. The van der Waals surface area contributed by atoms with Gasteiger partial charge in [-0.25, -0.2) is 0 Å². The van der Waals surface area contributed by atoms with E-state index in [9.17, 15) is 0 Å². The van der Waals surface area contributed by atoms with Gasteiger partial charge in [0.05, 0.1) is 6.17 Å². The Morgan fingerprint density at radius 3 is 2.50 bits per heavy atom. The second kappa shape index (κ2) is 5.78. The topological polar surface area (TPSA) is 29.3 Å². The second-order valence-electron chi connectivity index (χ2n) is 3.76. The Hall–Kier alpha value is -0.860. The summed E-state index contributed by atoms with van der Waals surface area (Å²) in [5.41, 5.74) is 7.32. The zero-order valence-electron chi connectivity index (χ0n) is 9.11. The molecule has 0 aliphatic carbocycles. The molecule has 0 aliphatic heterocycles. The van der Waals surface area contributed by atoms with Gasteiger partial charge in [-0.3, -0.25) is 4.90 Å². The molecule has 1 rings (SSSR count). The molecular formula is C12H20N2. The quantitative estimate of drug-likeness (QED) is 0.725. The van der Waals surface area contributed by atoms with E-state index in [1.807, 2.05) is 6.07 Å². The molecule has 0 spiro atoms. The highest BCUT2D eigenvalue weighted by molar-refractivity contribution is 5.14. The third-order valence-corrected chi connectivity index (χ3v) is 2.43. The van der Waals surface area contributed by atoms with Crippen molar-refractivity contribution in [2.45, 2.75) is 32.5 Å². The molecule has 14 heavy (non-hydrogen) atoms. The Bertz CT molecular complexity index is 246. The Kier molecular flexibility index (Phi) is 4.63. The number of benzene rings is 1. The number of rotatable bonds is 5. The van der Waals surface area contributed by atoms with Crippen LogP contribution in [0.3, 0.4) is 0 Å². The predicted molar refractivity (Wildman–Crippen MR) is 60.8 cm³/mol. The van der Waals surface area contributed by atoms with Crippen LogP contribution in [0.1, 0.15) is 25.3 Å². The molecule has 0 saturated heterocycles. The van der Waals surface area contributed by atoms with Crippen LogP contribution in [0, 0.1) is 0 Å². The van der Waals surface area contributed by atoms with Gasteiger partial charge in [0.25, 0.3) is 0 Å². The van der Waals surface area contributed by atoms with E-state index in [0.29, 0.717) is 0 Å². The monoisotopic (exact) mass is 192 g/mol. The molecule has 0 bridgehead atoms. The molecule has 2 nitrogen and oxygen atoms in total. The SMILES string of the molecule is CCCC(N)N(C)Cc1ccccc1. The standard InChI is InChI=1S/C12H20N2/c1-3-7-12(13)14(2)10-11-8-5-4-6-9-11/h4-6,8-9,12H,3,7,10,13H2,1-2H3. The lowest BCUT2D eigenvalue weighted by molar-refractivity contribution is 0.226. The van der Waals surface area contributed by atoms with Crippen molar-refractivity contribution in [3.05, 3.63) is 35.9 Å². The fourth-order valence-corrected chi connectivity index (χ4v) is 1.50. The molecule has 2 N–H and O–H groups in total. The van der Waals surface area contributed by atoms with Crippen LogP contribution in [0.15, 0.2) is 30.3 Å². The summed E-state index contributed by atoms with van der Waals surface area (Å²) in [5, 5.41) is 0. The summed E-state index contributed by atoms with van der Waals surface area (Å²) in [4.78, 5) is 2.19. The smallest absolute Gasteiger partial charge is 0.0572 e. The van der Waals surface area contributed by atoms with Crippen molar-refractivity contribution in [3.63, 3.8) is 0 Å². The second-order valence-corrected chi connectivity index (χ2v) is 3.76. The van der Waals surface area contributed by atoms with E-state index >= 15 is 0 Å². The summed E-state index contributed by atoms with van der Waals surface area (Å²) in [5.74, 6) is 0. The molecule has 2 heteroatoms. The molecule has 0 aromatic heterocycles. The molecule has 0 saturated carbocycles. The highest BCUT2D eigenvalue weighted by Crippen LogP contribution is 2.06. The van der Waals surface area contributed by atoms with Crippen LogP contribution < -0.4 is 5.73 Å². The lowest BCUT2D eigenvalue weighted by Crippen LogP contribution is -2.38. The van der Waals surface area contributed by atoms with Crippen LogP contribution >= 0.6 is 0 Å². The van der Waals surface area contributed by atoms with Crippen LogP contribution in [0.2, 0.25) is 0 Å². The van der Waals surface area contributed by atoms with Crippen molar-refractivity contribution < 1.29 is 0 Å². The van der Waals surface area contributed by atoms with Crippen molar-refractivity contribution in [2.75, 3.05) is 7.05 Å². The van der Waals surface area contributed by atoms with E-state index in [0.717, 1.165) is 19.4 Å². The molecule has 0 radical (unpaired) electrons. The Morgan fingerprint density at radius 2 is 1.93 bits per heavy atom. The largest absolute Gasteiger partial charge is 0.316 e. The van der Waals surface area contributed by atoms with Gasteiger partial charge in [-0.1, -0.05) is 43.7 Å². The fraction of sp³-hybridized carbons (Fsp3) is 0.500. The van der Waals surface area contributed by atoms with Crippen LogP contribution in [0.25, 0.3) is 0 Å². The molecule has 1 aromatic carbocycles. The summed E-state index contributed by atoms with van der Waals surface area (Å²) in [6.45, 7) is 3.10. The summed E-state index contributed by atoms with van der Waals surface area (Å²) in [6, 6.07) is 10.4. The van der Waals surface area contributed by atoms with Gasteiger partial charge >= 0.3 is 0 Å². The summed E-state index contributed by atoms with van der Waals surface area (Å²) >= 11 is 0. The van der Waals surface area contributed by atoms with Gasteiger partial charge in [-0.05, 0) is 19.0 Å². The van der Waals surface area contributed by atoms with Gasteiger partial charge in [-0.15, -0.1) is 0 Å². The van der Waals surface area contributed by atoms with Gasteiger partial charge in [-0.2, -0.15) is 0 Å². The Labute approximate surface area is 86.7 Å². The van der Waals surface area contributed by atoms with Crippen molar-refractivity contribution in [3.8, 4) is 0 Å². The maximum atomic E-state index is 6.00. The minimum atomic E-state index is 0.181. The first-order valence-electron chi connectivity index (χ1n) is 5.23. The number of hydrogen-bond acceptors (Lipinski definition) is 2. The summed E-state index contributed by atoms with van der Waals surface area (Å²) in [7, 11) is 2.08. The summed E-state index contributed by atoms with van der Waals surface area (Å²) in [6.07, 6.45) is 2.38. The van der Waals surface area contributed by atoms with Crippen molar-refractivity contribution in [1.82, 2.24) is 4.90 Å². The minimum absolute atomic E-state index is 0.181. The fourth-order valence-electron chi connectivity index (χ4n) is 1.50. The normalized spacial score (nSPS) is 13.1. The molecule has 0 fully saturated rings. The number of nitrogens with zero attached hydrogens (tertiary/aromatic N) is 1. The molecule has 0 amide bonds. The average molecular weight is 192 g/mol. The molecule has 1 aromatic rings. The zero-order valence-corrected chi connectivity index (χ0v) is 9.11. The van der Waals surface area contributed by atoms with Gasteiger partial charge in [0.15, 0.2) is 0 Å². The molecule has 0 aliphatic rings. The molecular weight excluding hydrogens is 172 g/mol. The number of nitrogens with two attached hydrogens (primary N) is 1. The van der Waals surface area contributed by atoms with Crippen LogP contribution in [-0.2, 0) is 6.54 Å². The number of hydrogen-bond donors (Lipinski definition) is 1. The summed E-state index contributed by atoms with van der Waals surface area (Å²) < 4.78 is 0. The third kappa shape index (κ3) is 3.48. The molecule has 1 unspecified atom stereocenters. The predicted octanol–water partition coefficient (Wildman–Crippen LogP) is 2.20. The van der Waals surface area contributed by atoms with Crippen LogP contribution in [0.5, 0.6) is 0 Å². The molecule has 1 atom stereocenters. The third-order valence-electron chi connectivity index (χ3n) is 2.43. The van der Waals surface area contributed by atoms with Gasteiger partial charge in [0.1, 0.15) is 0 Å². The van der Waals surface area contributed by atoms with E-state index in [1.165, 1.54) is 5.56 Å². The van der Waals surface area contributed by atoms with Gasteiger partial charge in [0.2, 0.25) is 0 Å². The maximum absolute atomic E-state index is 6.00. The first kappa shape index (κ1) is 11.2. The highest BCUT2D eigenvalue weighted by atomic mass is 15.2. The van der Waals surface area contributed by atoms with E-state index in [4.69, 9.17) is 5.73 Å². The lowest BCUT2D eigenvalue weighted by Gasteiger charge is -2.24. The molecule has 0 heterocycles.